The molecule has 0 atom stereocenters. The van der Waals surface area contributed by atoms with Crippen molar-refractivity contribution in [2.45, 2.75) is 0 Å². The summed E-state index contributed by atoms with van der Waals surface area (Å²) in [7, 11) is 1.78. The third-order valence-corrected chi connectivity index (χ3v) is 4.40. The maximum absolute atomic E-state index is 12.5. The Morgan fingerprint density at radius 1 is 1.35 bits per heavy atom. The molecule has 26 heavy (non-hydrogen) atoms. The standard InChI is InChI=1S/C18H23N5O3/c1-22-12-13(16-14(17(19)24)3-2-4-20-16)11-15(22)18(25)21-5-6-23-7-9-26-10-8-23/h2-4,11-12H,5-10H2,1H3,(H2,19,24)(H,21,25). The molecule has 3 heterocycles. The third kappa shape index (κ3) is 4.09. The van der Waals surface area contributed by atoms with Gasteiger partial charge in [-0.2, -0.15) is 0 Å². The molecule has 2 amide bonds. The zero-order chi connectivity index (χ0) is 18.5. The number of ether oxygens (including phenoxy) is 1. The number of nitrogens with zero attached hydrogens (tertiary/aromatic N) is 3. The molecule has 1 fully saturated rings. The lowest BCUT2D eigenvalue weighted by molar-refractivity contribution is 0.0383. The highest BCUT2D eigenvalue weighted by atomic mass is 16.5. The van der Waals surface area contributed by atoms with E-state index in [9.17, 15) is 9.59 Å². The molecule has 2 aromatic rings. The highest BCUT2D eigenvalue weighted by Gasteiger charge is 2.17. The second-order valence-corrected chi connectivity index (χ2v) is 6.20. The number of amides is 2. The number of primary amides is 1. The summed E-state index contributed by atoms with van der Waals surface area (Å²) in [4.78, 5) is 30.6. The van der Waals surface area contributed by atoms with Gasteiger partial charge in [-0.15, -0.1) is 0 Å². The summed E-state index contributed by atoms with van der Waals surface area (Å²) in [5.41, 5.74) is 7.40. The molecule has 0 saturated carbocycles. The highest BCUT2D eigenvalue weighted by molar-refractivity contribution is 6.00. The average molecular weight is 357 g/mol. The first-order valence-corrected chi connectivity index (χ1v) is 8.56. The van der Waals surface area contributed by atoms with Crippen LogP contribution in [0, 0.1) is 0 Å². The first kappa shape index (κ1) is 18.1. The summed E-state index contributed by atoms with van der Waals surface area (Å²) in [6.07, 6.45) is 3.36. The molecule has 3 rings (SSSR count). The van der Waals surface area contributed by atoms with E-state index in [1.807, 2.05) is 0 Å². The van der Waals surface area contributed by atoms with Crippen molar-refractivity contribution in [2.24, 2.45) is 12.8 Å². The summed E-state index contributed by atoms with van der Waals surface area (Å²) in [5, 5.41) is 2.93. The van der Waals surface area contributed by atoms with E-state index in [2.05, 4.69) is 15.2 Å². The van der Waals surface area contributed by atoms with Crippen LogP contribution < -0.4 is 11.1 Å². The number of aryl methyl sites for hydroxylation is 1. The van der Waals surface area contributed by atoms with Gasteiger partial charge in [0.15, 0.2) is 0 Å². The van der Waals surface area contributed by atoms with Crippen LogP contribution in [-0.4, -0.2) is 65.7 Å². The summed E-state index contributed by atoms with van der Waals surface area (Å²) in [6.45, 7) is 4.61. The lowest BCUT2D eigenvalue weighted by Gasteiger charge is -2.26. The lowest BCUT2D eigenvalue weighted by Crippen LogP contribution is -2.41. The first-order valence-electron chi connectivity index (χ1n) is 8.56. The minimum Gasteiger partial charge on any atom is -0.379 e. The zero-order valence-electron chi connectivity index (χ0n) is 14.8. The summed E-state index contributed by atoms with van der Waals surface area (Å²) < 4.78 is 7.03. The Morgan fingerprint density at radius 2 is 2.12 bits per heavy atom. The van der Waals surface area contributed by atoms with E-state index in [-0.39, 0.29) is 5.91 Å². The Morgan fingerprint density at radius 3 is 2.85 bits per heavy atom. The third-order valence-electron chi connectivity index (χ3n) is 4.40. The Bertz CT molecular complexity index is 796. The summed E-state index contributed by atoms with van der Waals surface area (Å²) in [5.74, 6) is -0.711. The van der Waals surface area contributed by atoms with Crippen molar-refractivity contribution in [1.29, 1.82) is 0 Å². The maximum Gasteiger partial charge on any atom is 0.267 e. The topological polar surface area (TPSA) is 102 Å². The van der Waals surface area contributed by atoms with Crippen molar-refractivity contribution in [2.75, 3.05) is 39.4 Å². The number of carbonyl (C=O) groups is 2. The van der Waals surface area contributed by atoms with Gasteiger partial charge in [-0.3, -0.25) is 19.5 Å². The van der Waals surface area contributed by atoms with Gasteiger partial charge in [0.05, 0.1) is 24.5 Å². The smallest absolute Gasteiger partial charge is 0.267 e. The maximum atomic E-state index is 12.5. The van der Waals surface area contributed by atoms with Crippen LogP contribution in [0.5, 0.6) is 0 Å². The molecule has 2 aromatic heterocycles. The van der Waals surface area contributed by atoms with Crippen LogP contribution in [0.15, 0.2) is 30.6 Å². The molecule has 0 aliphatic carbocycles. The molecule has 0 radical (unpaired) electrons. The second-order valence-electron chi connectivity index (χ2n) is 6.20. The molecule has 138 valence electrons. The quantitative estimate of drug-likeness (QED) is 0.771. The number of carbonyl (C=O) groups excluding carboxylic acids is 2. The SMILES string of the molecule is Cn1cc(-c2ncccc2C(N)=O)cc1C(=O)NCCN1CCOCC1. The van der Waals surface area contributed by atoms with E-state index in [0.717, 1.165) is 32.8 Å². The fourth-order valence-corrected chi connectivity index (χ4v) is 3.00. The van der Waals surface area contributed by atoms with Crippen LogP contribution in [0.25, 0.3) is 11.3 Å². The van der Waals surface area contributed by atoms with Gasteiger partial charge in [0.1, 0.15) is 5.69 Å². The van der Waals surface area contributed by atoms with Gasteiger partial charge >= 0.3 is 0 Å². The molecule has 8 nitrogen and oxygen atoms in total. The van der Waals surface area contributed by atoms with Crippen molar-refractivity contribution < 1.29 is 14.3 Å². The second kappa shape index (κ2) is 8.11. The zero-order valence-corrected chi connectivity index (χ0v) is 14.8. The fraction of sp³-hybridized carbons (Fsp3) is 0.389. The minimum absolute atomic E-state index is 0.163. The van der Waals surface area contributed by atoms with Crippen LogP contribution in [-0.2, 0) is 11.8 Å². The minimum atomic E-state index is -0.548. The van der Waals surface area contributed by atoms with E-state index >= 15 is 0 Å². The molecule has 0 aromatic carbocycles. The van der Waals surface area contributed by atoms with E-state index in [1.54, 1.807) is 42.2 Å². The van der Waals surface area contributed by atoms with Crippen LogP contribution in [0.1, 0.15) is 20.8 Å². The van der Waals surface area contributed by atoms with Crippen molar-refractivity contribution in [3.8, 4) is 11.3 Å². The molecular formula is C18H23N5O3. The normalized spacial score (nSPS) is 15.0. The van der Waals surface area contributed by atoms with E-state index in [1.165, 1.54) is 0 Å². The van der Waals surface area contributed by atoms with Gasteiger partial charge in [0, 0.05) is 51.2 Å². The van der Waals surface area contributed by atoms with E-state index < -0.39 is 5.91 Å². The molecule has 0 bridgehead atoms. The van der Waals surface area contributed by atoms with Crippen LogP contribution >= 0.6 is 0 Å². The van der Waals surface area contributed by atoms with Crippen molar-refractivity contribution >= 4 is 11.8 Å². The van der Waals surface area contributed by atoms with Crippen molar-refractivity contribution in [1.82, 2.24) is 19.8 Å². The molecular weight excluding hydrogens is 334 g/mol. The Labute approximate surface area is 151 Å². The van der Waals surface area contributed by atoms with Crippen molar-refractivity contribution in [3.05, 3.63) is 41.9 Å². The number of morpholine rings is 1. The van der Waals surface area contributed by atoms with E-state index in [0.29, 0.717) is 29.1 Å². The van der Waals surface area contributed by atoms with Gasteiger partial charge in [-0.05, 0) is 18.2 Å². The van der Waals surface area contributed by atoms with Gasteiger partial charge in [0.2, 0.25) is 0 Å². The van der Waals surface area contributed by atoms with Gasteiger partial charge in [-0.1, -0.05) is 0 Å². The van der Waals surface area contributed by atoms with Crippen LogP contribution in [0.2, 0.25) is 0 Å². The molecule has 1 aliphatic heterocycles. The highest BCUT2D eigenvalue weighted by Crippen LogP contribution is 2.23. The average Bonchev–Trinajstić information content (AvgIpc) is 3.04. The molecule has 8 heteroatoms. The lowest BCUT2D eigenvalue weighted by atomic mass is 10.1. The first-order chi connectivity index (χ1) is 12.6. The largest absolute Gasteiger partial charge is 0.379 e. The number of hydrogen-bond donors (Lipinski definition) is 2. The number of aromatic nitrogens is 2. The van der Waals surface area contributed by atoms with Gasteiger partial charge < -0.3 is 20.4 Å². The predicted octanol–water partition coefficient (Wildman–Crippen LogP) is 0.248. The van der Waals surface area contributed by atoms with Crippen LogP contribution in [0.4, 0.5) is 0 Å². The number of nitrogens with one attached hydrogen (secondary N) is 1. The Kier molecular flexibility index (Phi) is 5.65. The molecule has 1 aliphatic rings. The molecule has 0 spiro atoms. The number of hydrogen-bond acceptors (Lipinski definition) is 5. The molecule has 3 N–H and O–H groups in total. The predicted molar refractivity (Wildman–Crippen MR) is 96.8 cm³/mol. The molecule has 1 saturated heterocycles. The monoisotopic (exact) mass is 357 g/mol. The summed E-state index contributed by atoms with van der Waals surface area (Å²) in [6, 6.07) is 5.00. The number of rotatable bonds is 6. The van der Waals surface area contributed by atoms with Gasteiger partial charge in [0.25, 0.3) is 11.8 Å². The van der Waals surface area contributed by atoms with Gasteiger partial charge in [-0.25, -0.2) is 0 Å². The van der Waals surface area contributed by atoms with Crippen molar-refractivity contribution in [3.63, 3.8) is 0 Å². The Balaban J connectivity index is 1.68. The fourth-order valence-electron chi connectivity index (χ4n) is 3.00. The van der Waals surface area contributed by atoms with Crippen LogP contribution in [0.3, 0.4) is 0 Å². The van der Waals surface area contributed by atoms with E-state index in [4.69, 9.17) is 10.5 Å². The molecule has 0 unspecified atom stereocenters. The number of pyridine rings is 1. The Hall–Kier alpha value is -2.71. The summed E-state index contributed by atoms with van der Waals surface area (Å²) >= 11 is 0. The number of nitrogens with two attached hydrogens (primary N) is 1.